The Hall–Kier alpha value is -2.04. The maximum atomic E-state index is 13.6. The van der Waals surface area contributed by atoms with Gasteiger partial charge in [0.15, 0.2) is 0 Å². The predicted molar refractivity (Wildman–Crippen MR) is 101 cm³/mol. The van der Waals surface area contributed by atoms with Crippen molar-refractivity contribution < 1.29 is 37.0 Å². The van der Waals surface area contributed by atoms with Crippen molar-refractivity contribution in [3.63, 3.8) is 0 Å². The van der Waals surface area contributed by atoms with Gasteiger partial charge in [0, 0.05) is 24.4 Å². The molecule has 2 amide bonds. The molecule has 1 aromatic rings. The van der Waals surface area contributed by atoms with E-state index in [0.29, 0.717) is 12.8 Å². The number of nitrogens with zero attached hydrogens (tertiary/aromatic N) is 1. The van der Waals surface area contributed by atoms with Crippen LogP contribution in [0.3, 0.4) is 0 Å². The third kappa shape index (κ3) is 2.74. The minimum atomic E-state index is -4.66. The van der Waals surface area contributed by atoms with E-state index in [4.69, 9.17) is 25.8 Å². The summed E-state index contributed by atoms with van der Waals surface area (Å²) in [6.45, 7) is 2.03. The molecule has 31 heavy (non-hydrogen) atoms. The first-order valence-corrected chi connectivity index (χ1v) is 10.3. The minimum Gasteiger partial charge on any atom is -0.453 e. The predicted octanol–water partition coefficient (Wildman–Crippen LogP) is 3.34. The first-order valence-electron chi connectivity index (χ1n) is 9.88. The number of amides is 2. The number of hydrogen-bond donors (Lipinski definition) is 1. The first kappa shape index (κ1) is 20.8. The maximum Gasteiger partial charge on any atom is 0.417 e. The number of hydrogen-bond acceptors (Lipinski definition) is 5. The Balaban J connectivity index is 1.56. The number of alkyl halides is 3. The second-order valence-corrected chi connectivity index (χ2v) is 9.04. The smallest absolute Gasteiger partial charge is 0.417 e. The van der Waals surface area contributed by atoms with Crippen LogP contribution in [0.2, 0.25) is 5.02 Å². The van der Waals surface area contributed by atoms with Gasteiger partial charge in [-0.1, -0.05) is 11.6 Å². The van der Waals surface area contributed by atoms with Gasteiger partial charge in [-0.25, -0.2) is 4.79 Å². The zero-order chi connectivity index (χ0) is 22.3. The van der Waals surface area contributed by atoms with Crippen LogP contribution in [-0.4, -0.2) is 49.2 Å². The van der Waals surface area contributed by atoms with Gasteiger partial charge in [-0.15, -0.1) is 0 Å². The highest BCUT2D eigenvalue weighted by atomic mass is 35.5. The van der Waals surface area contributed by atoms with Gasteiger partial charge in [-0.2, -0.15) is 13.2 Å². The van der Waals surface area contributed by atoms with E-state index < -0.39 is 58.2 Å². The number of carbonyl (C=O) groups is 2. The van der Waals surface area contributed by atoms with Crippen LogP contribution in [0.25, 0.3) is 0 Å². The molecule has 2 bridgehead atoms. The number of fused-ring (bicyclic) bond motifs is 2. The molecule has 168 valence electrons. The van der Waals surface area contributed by atoms with Crippen molar-refractivity contribution >= 4 is 29.3 Å². The SMILES string of the molecule is COC(=O)NC1CC23CCOC4C2C(C(=O)N4c2ccc(Cl)c(C(F)(F)F)c2)C1(C)O3. The molecule has 4 fully saturated rings. The summed E-state index contributed by atoms with van der Waals surface area (Å²) in [5, 5.41) is 2.32. The molecule has 0 saturated carbocycles. The Bertz CT molecular complexity index is 975. The van der Waals surface area contributed by atoms with Crippen LogP contribution >= 0.6 is 11.6 Å². The average molecular weight is 461 g/mol. The molecule has 0 aliphatic carbocycles. The molecule has 1 spiro atoms. The molecule has 1 N–H and O–H groups in total. The van der Waals surface area contributed by atoms with Gasteiger partial charge >= 0.3 is 12.3 Å². The highest BCUT2D eigenvalue weighted by molar-refractivity contribution is 6.31. The standard InChI is InChI=1S/C20H20ClF3N2O5/c1-18-12(25-17(28)29-2)8-19(31-18)5-6-30-16-14(19)13(18)15(27)26(16)9-3-4-11(21)10(7-9)20(22,23)24/h3-4,7,12-14,16H,5-6,8H2,1-2H3,(H,25,28). The molecule has 4 heterocycles. The first-order chi connectivity index (χ1) is 14.5. The van der Waals surface area contributed by atoms with Crippen LogP contribution in [0.4, 0.5) is 23.7 Å². The Morgan fingerprint density at radius 2 is 2.13 bits per heavy atom. The molecule has 4 aliphatic heterocycles. The van der Waals surface area contributed by atoms with Crippen molar-refractivity contribution in [2.75, 3.05) is 18.6 Å². The molecule has 7 nitrogen and oxygen atoms in total. The fraction of sp³-hybridized carbons (Fsp3) is 0.600. The van der Waals surface area contributed by atoms with Crippen molar-refractivity contribution in [2.45, 2.75) is 49.4 Å². The Morgan fingerprint density at radius 1 is 1.39 bits per heavy atom. The fourth-order valence-electron chi connectivity index (χ4n) is 5.90. The number of halogens is 4. The summed E-state index contributed by atoms with van der Waals surface area (Å²) in [7, 11) is 1.25. The van der Waals surface area contributed by atoms with E-state index >= 15 is 0 Å². The number of nitrogens with one attached hydrogen (secondary N) is 1. The lowest BCUT2D eigenvalue weighted by Crippen LogP contribution is -2.57. The quantitative estimate of drug-likeness (QED) is 0.732. The third-order valence-electron chi connectivity index (χ3n) is 7.14. The van der Waals surface area contributed by atoms with Gasteiger partial charge in [0.05, 0.1) is 47.5 Å². The van der Waals surface area contributed by atoms with Crippen molar-refractivity contribution in [3.05, 3.63) is 28.8 Å². The number of benzene rings is 1. The summed E-state index contributed by atoms with van der Waals surface area (Å²) in [5.74, 6) is -1.44. The number of rotatable bonds is 2. The van der Waals surface area contributed by atoms with Gasteiger partial charge in [0.2, 0.25) is 5.91 Å². The zero-order valence-electron chi connectivity index (χ0n) is 16.7. The Kier molecular flexibility index (Phi) is 4.36. The lowest BCUT2D eigenvalue weighted by molar-refractivity contribution is -0.141. The van der Waals surface area contributed by atoms with Crippen LogP contribution in [-0.2, 0) is 25.2 Å². The van der Waals surface area contributed by atoms with Crippen LogP contribution in [0.1, 0.15) is 25.3 Å². The van der Waals surface area contributed by atoms with Crippen LogP contribution < -0.4 is 10.2 Å². The lowest BCUT2D eigenvalue weighted by atomic mass is 9.64. The summed E-state index contributed by atoms with van der Waals surface area (Å²) in [6, 6.07) is 2.92. The van der Waals surface area contributed by atoms with E-state index in [2.05, 4.69) is 5.32 Å². The van der Waals surface area contributed by atoms with Crippen LogP contribution in [0.5, 0.6) is 0 Å². The summed E-state index contributed by atoms with van der Waals surface area (Å²) in [6.07, 6.45) is -5.06. The van der Waals surface area contributed by atoms with E-state index in [1.54, 1.807) is 6.92 Å². The molecule has 0 radical (unpaired) electrons. The van der Waals surface area contributed by atoms with Gasteiger partial charge in [-0.3, -0.25) is 9.69 Å². The van der Waals surface area contributed by atoms with Crippen molar-refractivity contribution in [2.24, 2.45) is 11.8 Å². The maximum absolute atomic E-state index is 13.6. The number of carbonyl (C=O) groups excluding carboxylic acids is 2. The molecule has 6 atom stereocenters. The second-order valence-electron chi connectivity index (χ2n) is 8.63. The van der Waals surface area contributed by atoms with Gasteiger partial charge < -0.3 is 19.5 Å². The van der Waals surface area contributed by atoms with Gasteiger partial charge in [0.1, 0.15) is 6.23 Å². The molecular formula is C20H20ClF3N2O5. The largest absolute Gasteiger partial charge is 0.453 e. The van der Waals surface area contributed by atoms with Gasteiger partial charge in [-0.05, 0) is 25.1 Å². The highest BCUT2D eigenvalue weighted by Gasteiger charge is 2.78. The molecule has 4 aliphatic rings. The molecular weight excluding hydrogens is 441 g/mol. The van der Waals surface area contributed by atoms with E-state index in [0.717, 1.165) is 12.1 Å². The topological polar surface area (TPSA) is 77.1 Å². The third-order valence-corrected chi connectivity index (χ3v) is 7.47. The molecule has 0 aromatic heterocycles. The van der Waals surface area contributed by atoms with Crippen molar-refractivity contribution in [1.29, 1.82) is 0 Å². The summed E-state index contributed by atoms with van der Waals surface area (Å²) in [4.78, 5) is 26.7. The van der Waals surface area contributed by atoms with E-state index in [1.165, 1.54) is 18.1 Å². The fourth-order valence-corrected chi connectivity index (χ4v) is 6.13. The lowest BCUT2D eigenvalue weighted by Gasteiger charge is -2.42. The molecule has 4 saturated heterocycles. The van der Waals surface area contributed by atoms with Crippen LogP contribution in [0.15, 0.2) is 18.2 Å². The monoisotopic (exact) mass is 460 g/mol. The van der Waals surface area contributed by atoms with E-state index in [9.17, 15) is 22.8 Å². The number of methoxy groups -OCH3 is 1. The van der Waals surface area contributed by atoms with Crippen molar-refractivity contribution in [1.82, 2.24) is 5.32 Å². The number of ether oxygens (including phenoxy) is 3. The van der Waals surface area contributed by atoms with Gasteiger partial charge in [0.25, 0.3) is 0 Å². The van der Waals surface area contributed by atoms with E-state index in [-0.39, 0.29) is 18.2 Å². The Morgan fingerprint density at radius 3 is 2.81 bits per heavy atom. The normalized spacial score (nSPS) is 38.4. The summed E-state index contributed by atoms with van der Waals surface area (Å²) >= 11 is 5.76. The Labute approximate surface area is 180 Å². The summed E-state index contributed by atoms with van der Waals surface area (Å²) in [5.41, 5.74) is -2.69. The zero-order valence-corrected chi connectivity index (χ0v) is 17.4. The molecule has 1 aromatic carbocycles. The highest BCUT2D eigenvalue weighted by Crippen LogP contribution is 2.65. The van der Waals surface area contributed by atoms with E-state index in [1.807, 2.05) is 0 Å². The second kappa shape index (κ2) is 6.49. The van der Waals surface area contributed by atoms with Crippen molar-refractivity contribution in [3.8, 4) is 0 Å². The molecule has 11 heteroatoms. The number of alkyl carbamates (subject to hydrolysis) is 1. The average Bonchev–Trinajstić information content (AvgIpc) is 3.25. The molecule has 6 unspecified atom stereocenters. The number of anilines is 1. The summed E-state index contributed by atoms with van der Waals surface area (Å²) < 4.78 is 57.2. The molecule has 5 rings (SSSR count). The minimum absolute atomic E-state index is 0.0682. The van der Waals surface area contributed by atoms with Crippen LogP contribution in [0, 0.1) is 11.8 Å².